The molecule has 0 aromatic carbocycles. The van der Waals surface area contributed by atoms with E-state index in [2.05, 4.69) is 22.4 Å². The average molecular weight is 227 g/mol. The molecule has 0 spiro atoms. The van der Waals surface area contributed by atoms with Crippen molar-refractivity contribution in [1.82, 2.24) is 10.2 Å². The third-order valence-corrected chi connectivity index (χ3v) is 3.68. The second-order valence-electron chi connectivity index (χ2n) is 3.79. The topological polar surface area (TPSA) is 47.0 Å². The normalized spacial score (nSPS) is 17.9. The second-order valence-corrected chi connectivity index (χ2v) is 4.85. The van der Waals surface area contributed by atoms with Gasteiger partial charge in [0.25, 0.3) is 0 Å². The van der Waals surface area contributed by atoms with Crippen molar-refractivity contribution in [3.05, 3.63) is 5.01 Å². The Morgan fingerprint density at radius 1 is 1.40 bits per heavy atom. The summed E-state index contributed by atoms with van der Waals surface area (Å²) in [6.45, 7) is 4.91. The molecule has 1 aliphatic rings. The minimum absolute atomic E-state index is 0.729. The molecule has 0 radical (unpaired) electrons. The van der Waals surface area contributed by atoms with E-state index in [9.17, 15) is 0 Å². The van der Waals surface area contributed by atoms with Crippen LogP contribution in [0.25, 0.3) is 0 Å². The molecule has 0 saturated carbocycles. The molecule has 0 atom stereocenters. The summed E-state index contributed by atoms with van der Waals surface area (Å²) in [5.41, 5.74) is 0. The number of aryl methyl sites for hydroxylation is 1. The van der Waals surface area contributed by atoms with Crippen molar-refractivity contribution in [1.29, 1.82) is 0 Å². The van der Waals surface area contributed by atoms with Gasteiger partial charge in [0.1, 0.15) is 5.01 Å². The number of rotatable bonds is 4. The molecular formula is C10H17N3OS. The molecule has 0 bridgehead atoms. The van der Waals surface area contributed by atoms with Crippen LogP contribution in [0.5, 0.6) is 0 Å². The van der Waals surface area contributed by atoms with Crippen LogP contribution in [-0.4, -0.2) is 30.0 Å². The van der Waals surface area contributed by atoms with Crippen molar-refractivity contribution >= 4 is 16.5 Å². The first kappa shape index (κ1) is 10.8. The van der Waals surface area contributed by atoms with E-state index in [-0.39, 0.29) is 0 Å². The highest BCUT2D eigenvalue weighted by Crippen LogP contribution is 2.19. The number of hydrogen-bond acceptors (Lipinski definition) is 5. The minimum atomic E-state index is 0.729. The van der Waals surface area contributed by atoms with Gasteiger partial charge < -0.3 is 10.1 Å². The van der Waals surface area contributed by atoms with Gasteiger partial charge in [-0.25, -0.2) is 0 Å². The highest BCUT2D eigenvalue weighted by Gasteiger charge is 2.13. The van der Waals surface area contributed by atoms with Crippen molar-refractivity contribution in [3.63, 3.8) is 0 Å². The van der Waals surface area contributed by atoms with E-state index in [0.717, 1.165) is 55.1 Å². The van der Waals surface area contributed by atoms with Crippen molar-refractivity contribution in [2.24, 2.45) is 5.92 Å². The van der Waals surface area contributed by atoms with Crippen LogP contribution in [0.1, 0.15) is 24.8 Å². The van der Waals surface area contributed by atoms with Crippen LogP contribution < -0.4 is 5.32 Å². The number of nitrogens with zero attached hydrogens (tertiary/aromatic N) is 2. The van der Waals surface area contributed by atoms with Gasteiger partial charge in [-0.1, -0.05) is 18.3 Å². The van der Waals surface area contributed by atoms with Crippen molar-refractivity contribution < 1.29 is 4.74 Å². The monoisotopic (exact) mass is 227 g/mol. The van der Waals surface area contributed by atoms with Gasteiger partial charge in [-0.3, -0.25) is 0 Å². The van der Waals surface area contributed by atoms with E-state index >= 15 is 0 Å². The van der Waals surface area contributed by atoms with Gasteiger partial charge in [0.05, 0.1) is 0 Å². The summed E-state index contributed by atoms with van der Waals surface area (Å²) in [6.07, 6.45) is 3.29. The summed E-state index contributed by atoms with van der Waals surface area (Å²) < 4.78 is 5.32. The molecule has 0 aliphatic carbocycles. The summed E-state index contributed by atoms with van der Waals surface area (Å²) in [7, 11) is 0. The maximum absolute atomic E-state index is 5.32. The molecule has 2 rings (SSSR count). The first-order valence-corrected chi connectivity index (χ1v) is 6.34. The fourth-order valence-electron chi connectivity index (χ4n) is 1.65. The molecule has 2 heterocycles. The molecule has 1 N–H and O–H groups in total. The first-order valence-electron chi connectivity index (χ1n) is 5.52. The minimum Gasteiger partial charge on any atom is -0.381 e. The molecule has 84 valence electrons. The van der Waals surface area contributed by atoms with Crippen LogP contribution in [-0.2, 0) is 11.2 Å². The van der Waals surface area contributed by atoms with Gasteiger partial charge in [0.2, 0.25) is 5.13 Å². The number of aromatic nitrogens is 2. The zero-order valence-corrected chi connectivity index (χ0v) is 9.85. The Hall–Kier alpha value is -0.680. The van der Waals surface area contributed by atoms with Crippen LogP contribution >= 0.6 is 11.3 Å². The standard InChI is InChI=1S/C10H17N3OS/c1-2-9-12-13-10(15-9)11-7-8-3-5-14-6-4-8/h8H,2-7H2,1H3,(H,11,13). The lowest BCUT2D eigenvalue weighted by molar-refractivity contribution is 0.0699. The van der Waals surface area contributed by atoms with Gasteiger partial charge >= 0.3 is 0 Å². The summed E-state index contributed by atoms with van der Waals surface area (Å²) >= 11 is 1.66. The van der Waals surface area contributed by atoms with Crippen LogP contribution in [0.15, 0.2) is 0 Å². The Balaban J connectivity index is 1.76. The van der Waals surface area contributed by atoms with Crippen LogP contribution in [0, 0.1) is 5.92 Å². The number of anilines is 1. The van der Waals surface area contributed by atoms with Gasteiger partial charge in [0, 0.05) is 19.8 Å². The van der Waals surface area contributed by atoms with E-state index in [1.54, 1.807) is 11.3 Å². The Labute approximate surface area is 94.1 Å². The van der Waals surface area contributed by atoms with Crippen LogP contribution in [0.3, 0.4) is 0 Å². The fourth-order valence-corrected chi connectivity index (χ4v) is 2.34. The van der Waals surface area contributed by atoms with E-state index in [1.807, 2.05) is 0 Å². The van der Waals surface area contributed by atoms with E-state index < -0.39 is 0 Å². The van der Waals surface area contributed by atoms with Gasteiger partial charge in [0.15, 0.2) is 0 Å². The lowest BCUT2D eigenvalue weighted by atomic mass is 10.0. The Kier molecular flexibility index (Phi) is 3.91. The SMILES string of the molecule is CCc1nnc(NCC2CCOCC2)s1. The Morgan fingerprint density at radius 3 is 2.87 bits per heavy atom. The molecule has 1 aromatic heterocycles. The maximum atomic E-state index is 5.32. The van der Waals surface area contributed by atoms with Gasteiger partial charge in [-0.15, -0.1) is 10.2 Å². The number of ether oxygens (including phenoxy) is 1. The third kappa shape index (κ3) is 3.14. The molecule has 5 heteroatoms. The molecular weight excluding hydrogens is 210 g/mol. The summed E-state index contributed by atoms with van der Waals surface area (Å²) in [6, 6.07) is 0. The molecule has 1 fully saturated rings. The van der Waals surface area contributed by atoms with Crippen LogP contribution in [0.2, 0.25) is 0 Å². The Bertz CT molecular complexity index is 297. The van der Waals surface area contributed by atoms with Crippen molar-refractivity contribution in [2.45, 2.75) is 26.2 Å². The summed E-state index contributed by atoms with van der Waals surface area (Å²) in [4.78, 5) is 0. The second kappa shape index (κ2) is 5.42. The summed E-state index contributed by atoms with van der Waals surface area (Å²) in [5, 5.41) is 13.6. The lowest BCUT2D eigenvalue weighted by Crippen LogP contribution is -2.22. The lowest BCUT2D eigenvalue weighted by Gasteiger charge is -2.21. The average Bonchev–Trinajstić information content (AvgIpc) is 2.76. The van der Waals surface area contributed by atoms with E-state index in [0.29, 0.717) is 0 Å². The first-order chi connectivity index (χ1) is 7.38. The third-order valence-electron chi connectivity index (χ3n) is 2.65. The largest absolute Gasteiger partial charge is 0.381 e. The molecule has 4 nitrogen and oxygen atoms in total. The highest BCUT2D eigenvalue weighted by atomic mass is 32.1. The molecule has 1 saturated heterocycles. The number of nitrogens with one attached hydrogen (secondary N) is 1. The quantitative estimate of drug-likeness (QED) is 0.854. The zero-order chi connectivity index (χ0) is 10.5. The Morgan fingerprint density at radius 2 is 2.20 bits per heavy atom. The van der Waals surface area contributed by atoms with Crippen molar-refractivity contribution in [2.75, 3.05) is 25.1 Å². The number of hydrogen-bond donors (Lipinski definition) is 1. The van der Waals surface area contributed by atoms with E-state index in [1.165, 1.54) is 0 Å². The van der Waals surface area contributed by atoms with E-state index in [4.69, 9.17) is 4.74 Å². The zero-order valence-electron chi connectivity index (χ0n) is 9.03. The van der Waals surface area contributed by atoms with Gasteiger partial charge in [-0.05, 0) is 25.2 Å². The molecule has 0 amide bonds. The predicted molar refractivity (Wildman–Crippen MR) is 61.3 cm³/mol. The van der Waals surface area contributed by atoms with Crippen LogP contribution in [0.4, 0.5) is 5.13 Å². The van der Waals surface area contributed by atoms with Crippen molar-refractivity contribution in [3.8, 4) is 0 Å². The summed E-state index contributed by atoms with van der Waals surface area (Å²) in [5.74, 6) is 0.729. The predicted octanol–water partition coefficient (Wildman–Crippen LogP) is 1.94. The fraction of sp³-hybridized carbons (Fsp3) is 0.800. The van der Waals surface area contributed by atoms with Gasteiger partial charge in [-0.2, -0.15) is 0 Å². The highest BCUT2D eigenvalue weighted by molar-refractivity contribution is 7.15. The molecule has 1 aromatic rings. The molecule has 1 aliphatic heterocycles. The molecule has 0 unspecified atom stereocenters. The maximum Gasteiger partial charge on any atom is 0.205 e. The molecule has 15 heavy (non-hydrogen) atoms. The smallest absolute Gasteiger partial charge is 0.205 e.